The van der Waals surface area contributed by atoms with Crippen molar-refractivity contribution in [2.75, 3.05) is 25.0 Å². The van der Waals surface area contributed by atoms with Crippen molar-refractivity contribution in [3.63, 3.8) is 0 Å². The number of anilines is 1. The molecule has 0 N–H and O–H groups in total. The fraction of sp³-hybridized carbons (Fsp3) is 0.400. The molecule has 2 aromatic rings. The first-order valence-electron chi connectivity index (χ1n) is 9.35. The molecule has 0 aliphatic carbocycles. The zero-order chi connectivity index (χ0) is 20.1. The third-order valence-corrected chi connectivity index (χ3v) is 5.29. The molecule has 0 bridgehead atoms. The number of carbonyl (C=O) groups is 1. The van der Waals surface area contributed by atoms with Crippen molar-refractivity contribution in [2.45, 2.75) is 32.2 Å². The van der Waals surface area contributed by atoms with Crippen LogP contribution in [0.5, 0.6) is 0 Å². The molecule has 0 radical (unpaired) electrons. The van der Waals surface area contributed by atoms with Crippen LogP contribution in [0.4, 0.5) is 11.5 Å². The largest absolute Gasteiger partial charge is 0.357 e. The Kier molecular flexibility index (Phi) is 6.46. The van der Waals surface area contributed by atoms with E-state index in [1.807, 2.05) is 6.07 Å². The molecule has 1 aliphatic rings. The second-order valence-corrected chi connectivity index (χ2v) is 7.41. The predicted octanol–water partition coefficient (Wildman–Crippen LogP) is 4.30. The molecule has 148 valence electrons. The van der Waals surface area contributed by atoms with E-state index in [9.17, 15) is 14.9 Å². The molecule has 28 heavy (non-hydrogen) atoms. The number of nitro groups is 1. The number of halogens is 1. The van der Waals surface area contributed by atoms with E-state index in [1.165, 1.54) is 35.9 Å². The van der Waals surface area contributed by atoms with Crippen LogP contribution in [0.25, 0.3) is 0 Å². The van der Waals surface area contributed by atoms with Crippen LogP contribution >= 0.6 is 11.6 Å². The minimum absolute atomic E-state index is 0.0521. The van der Waals surface area contributed by atoms with Gasteiger partial charge in [0.15, 0.2) is 0 Å². The van der Waals surface area contributed by atoms with Crippen LogP contribution in [-0.2, 0) is 6.54 Å². The molecular formula is C20H23ClN4O3. The quantitative estimate of drug-likeness (QED) is 0.550. The number of pyridine rings is 1. The van der Waals surface area contributed by atoms with Gasteiger partial charge in [0.25, 0.3) is 11.6 Å². The summed E-state index contributed by atoms with van der Waals surface area (Å²) >= 11 is 6.14. The highest BCUT2D eigenvalue weighted by atomic mass is 35.5. The Bertz CT molecular complexity index is 849. The SMILES string of the molecule is CN(Cc1cc([N+](=O)[O-])ccc1Cl)C(=O)c1ccc(N2CCCCCC2)nc1. The van der Waals surface area contributed by atoms with E-state index in [-0.39, 0.29) is 18.1 Å². The van der Waals surface area contributed by atoms with Gasteiger partial charge in [-0.05, 0) is 36.6 Å². The van der Waals surface area contributed by atoms with Crippen LogP contribution < -0.4 is 4.90 Å². The van der Waals surface area contributed by atoms with Crippen molar-refractivity contribution in [1.82, 2.24) is 9.88 Å². The minimum Gasteiger partial charge on any atom is -0.357 e. The maximum absolute atomic E-state index is 12.7. The van der Waals surface area contributed by atoms with Gasteiger partial charge in [0.2, 0.25) is 0 Å². The zero-order valence-electron chi connectivity index (χ0n) is 15.8. The highest BCUT2D eigenvalue weighted by Gasteiger charge is 2.17. The molecule has 7 nitrogen and oxygen atoms in total. The fourth-order valence-electron chi connectivity index (χ4n) is 3.34. The summed E-state index contributed by atoms with van der Waals surface area (Å²) in [6.07, 6.45) is 6.41. The maximum atomic E-state index is 12.7. The minimum atomic E-state index is -0.479. The van der Waals surface area contributed by atoms with Crippen molar-refractivity contribution >= 4 is 29.0 Å². The molecule has 0 atom stereocenters. The van der Waals surface area contributed by atoms with Crippen molar-refractivity contribution in [3.05, 3.63) is 62.8 Å². The van der Waals surface area contributed by atoms with Gasteiger partial charge in [-0.2, -0.15) is 0 Å². The first-order valence-corrected chi connectivity index (χ1v) is 9.73. The Balaban J connectivity index is 1.69. The normalized spacial score (nSPS) is 14.4. The summed E-state index contributed by atoms with van der Waals surface area (Å²) in [5, 5.41) is 11.3. The Labute approximate surface area is 169 Å². The van der Waals surface area contributed by atoms with Gasteiger partial charge >= 0.3 is 0 Å². The van der Waals surface area contributed by atoms with E-state index in [1.54, 1.807) is 19.3 Å². The second kappa shape index (κ2) is 9.01. The number of nitrogens with zero attached hydrogens (tertiary/aromatic N) is 4. The molecular weight excluding hydrogens is 380 g/mol. The molecule has 0 spiro atoms. The van der Waals surface area contributed by atoms with Crippen LogP contribution in [0.15, 0.2) is 36.5 Å². The smallest absolute Gasteiger partial charge is 0.269 e. The standard InChI is InChI=1S/C20H23ClN4O3/c1-23(14-16-12-17(25(27)28)7-8-18(16)21)20(26)15-6-9-19(22-13-15)24-10-4-2-3-5-11-24/h6-9,12-13H,2-5,10-11,14H2,1H3. The fourth-order valence-corrected chi connectivity index (χ4v) is 3.52. The summed E-state index contributed by atoms with van der Waals surface area (Å²) < 4.78 is 0. The van der Waals surface area contributed by atoms with Crippen molar-refractivity contribution in [2.24, 2.45) is 0 Å². The van der Waals surface area contributed by atoms with Crippen LogP contribution in [0.3, 0.4) is 0 Å². The van der Waals surface area contributed by atoms with E-state index < -0.39 is 4.92 Å². The highest BCUT2D eigenvalue weighted by Crippen LogP contribution is 2.24. The first kappa shape index (κ1) is 20.1. The van der Waals surface area contributed by atoms with Crippen molar-refractivity contribution in [3.8, 4) is 0 Å². The van der Waals surface area contributed by atoms with Gasteiger partial charge in [0.05, 0.1) is 10.5 Å². The lowest BCUT2D eigenvalue weighted by molar-refractivity contribution is -0.384. The number of non-ortho nitro benzene ring substituents is 1. The third-order valence-electron chi connectivity index (χ3n) is 4.92. The Morgan fingerprint density at radius 3 is 2.54 bits per heavy atom. The Morgan fingerprint density at radius 1 is 1.21 bits per heavy atom. The van der Waals surface area contributed by atoms with Crippen LogP contribution in [0.2, 0.25) is 5.02 Å². The lowest BCUT2D eigenvalue weighted by Gasteiger charge is -2.22. The van der Waals surface area contributed by atoms with Crippen molar-refractivity contribution < 1.29 is 9.72 Å². The molecule has 8 heteroatoms. The predicted molar refractivity (Wildman–Crippen MR) is 109 cm³/mol. The molecule has 2 heterocycles. The van der Waals surface area contributed by atoms with Gasteiger partial charge in [-0.3, -0.25) is 14.9 Å². The maximum Gasteiger partial charge on any atom is 0.269 e. The number of benzene rings is 1. The number of carbonyl (C=O) groups excluding carboxylic acids is 1. The van der Waals surface area contributed by atoms with E-state index >= 15 is 0 Å². The topological polar surface area (TPSA) is 79.6 Å². The molecule has 1 aliphatic heterocycles. The molecule has 3 rings (SSSR count). The number of amides is 1. The summed E-state index contributed by atoms with van der Waals surface area (Å²) in [6.45, 7) is 2.16. The zero-order valence-corrected chi connectivity index (χ0v) is 16.6. The average molecular weight is 403 g/mol. The number of hydrogen-bond acceptors (Lipinski definition) is 5. The molecule has 0 saturated carbocycles. The molecule has 1 amide bonds. The van der Waals surface area contributed by atoms with Gasteiger partial charge in [-0.15, -0.1) is 0 Å². The van der Waals surface area contributed by atoms with Gasteiger partial charge in [0.1, 0.15) is 5.82 Å². The molecule has 1 aromatic heterocycles. The van der Waals surface area contributed by atoms with E-state index in [0.29, 0.717) is 16.1 Å². The summed E-state index contributed by atoms with van der Waals surface area (Å²) in [5.41, 5.74) is 0.951. The Hall–Kier alpha value is -2.67. The van der Waals surface area contributed by atoms with Gasteiger partial charge in [-0.25, -0.2) is 4.98 Å². The lowest BCUT2D eigenvalue weighted by Crippen LogP contribution is -2.27. The van der Waals surface area contributed by atoms with Crippen LogP contribution in [0.1, 0.15) is 41.6 Å². The first-order chi connectivity index (χ1) is 13.5. The number of nitro benzene ring substituents is 1. The van der Waals surface area contributed by atoms with Crippen LogP contribution in [-0.4, -0.2) is 40.9 Å². The van der Waals surface area contributed by atoms with Crippen LogP contribution in [0, 0.1) is 10.1 Å². The molecule has 1 fully saturated rings. The number of aromatic nitrogens is 1. The van der Waals surface area contributed by atoms with Gasteiger partial charge in [0, 0.05) is 50.0 Å². The Morgan fingerprint density at radius 2 is 1.93 bits per heavy atom. The van der Waals surface area contributed by atoms with E-state index in [4.69, 9.17) is 11.6 Å². The summed E-state index contributed by atoms with van der Waals surface area (Å²) in [7, 11) is 1.64. The highest BCUT2D eigenvalue weighted by molar-refractivity contribution is 6.31. The monoisotopic (exact) mass is 402 g/mol. The summed E-state index contributed by atoms with van der Waals surface area (Å²) in [5.74, 6) is 0.681. The van der Waals surface area contributed by atoms with Crippen molar-refractivity contribution in [1.29, 1.82) is 0 Å². The second-order valence-electron chi connectivity index (χ2n) is 7.00. The van der Waals surface area contributed by atoms with Gasteiger partial charge < -0.3 is 9.80 Å². The average Bonchev–Trinajstić information content (AvgIpc) is 2.98. The van der Waals surface area contributed by atoms with Gasteiger partial charge in [-0.1, -0.05) is 24.4 Å². The van der Waals surface area contributed by atoms with E-state index in [0.717, 1.165) is 31.7 Å². The molecule has 1 saturated heterocycles. The number of hydrogen-bond donors (Lipinski definition) is 0. The van der Waals surface area contributed by atoms with E-state index in [2.05, 4.69) is 9.88 Å². The molecule has 0 unspecified atom stereocenters. The summed E-state index contributed by atoms with van der Waals surface area (Å²) in [6, 6.07) is 7.88. The summed E-state index contributed by atoms with van der Waals surface area (Å²) in [4.78, 5) is 31.4. The molecule has 1 aromatic carbocycles. The number of rotatable bonds is 5. The third kappa shape index (κ3) is 4.78. The lowest BCUT2D eigenvalue weighted by atomic mass is 10.1.